The van der Waals surface area contributed by atoms with E-state index in [1.165, 1.54) is 10.8 Å². The first-order chi connectivity index (χ1) is 29.2. The third-order valence-corrected chi connectivity index (χ3v) is 13.0. The van der Waals surface area contributed by atoms with Crippen LogP contribution in [0.5, 0.6) is 0 Å². The van der Waals surface area contributed by atoms with Crippen LogP contribution in [0.15, 0.2) is 191 Å². The van der Waals surface area contributed by atoms with Crippen LogP contribution < -0.4 is 0 Å². The van der Waals surface area contributed by atoms with Gasteiger partial charge in [-0.15, -0.1) is 11.3 Å². The summed E-state index contributed by atoms with van der Waals surface area (Å²) in [5.74, 6) is 0. The van der Waals surface area contributed by atoms with E-state index < -0.39 is 0 Å². The Balaban J connectivity index is 0.890. The predicted octanol–water partition coefficient (Wildman–Crippen LogP) is 15.6. The molecule has 274 valence electrons. The van der Waals surface area contributed by atoms with E-state index in [1.54, 1.807) is 11.3 Å². The molecule has 13 aromatic rings. The Hall–Kier alpha value is -7.60. The SMILES string of the molecule is c1cc(-c2ccc3sc4ncc(-c5cccc(-c6cccc7c6oc6c8ccccc8ccc76)c5)nc4c3c2)cc(-c2cccc3c2oc2c4ccccc4ccc32)c1. The van der Waals surface area contributed by atoms with Gasteiger partial charge in [0.1, 0.15) is 32.7 Å². The van der Waals surface area contributed by atoms with Gasteiger partial charge in [0.2, 0.25) is 0 Å². The Labute approximate surface area is 341 Å². The van der Waals surface area contributed by atoms with Gasteiger partial charge >= 0.3 is 0 Å². The van der Waals surface area contributed by atoms with Crippen LogP contribution in [0.3, 0.4) is 0 Å². The van der Waals surface area contributed by atoms with E-state index in [0.717, 1.165) is 120 Å². The van der Waals surface area contributed by atoms with Crippen molar-refractivity contribution in [2.45, 2.75) is 0 Å². The quantitative estimate of drug-likeness (QED) is 0.179. The molecule has 59 heavy (non-hydrogen) atoms. The zero-order valence-electron chi connectivity index (χ0n) is 31.4. The molecule has 13 rings (SSSR count). The lowest BCUT2D eigenvalue weighted by atomic mass is 9.97. The summed E-state index contributed by atoms with van der Waals surface area (Å²) in [6.45, 7) is 0. The van der Waals surface area contributed by atoms with E-state index in [1.807, 2.05) is 6.20 Å². The molecule has 0 saturated carbocycles. The minimum atomic E-state index is 0.834. The largest absolute Gasteiger partial charge is 0.455 e. The Morgan fingerprint density at radius 2 is 0.898 bits per heavy atom. The fourth-order valence-electron chi connectivity index (χ4n) is 9.07. The number of para-hydroxylation sites is 2. The maximum atomic E-state index is 6.70. The molecule has 4 aromatic heterocycles. The Bertz CT molecular complexity index is 3620. The summed E-state index contributed by atoms with van der Waals surface area (Å²) in [5.41, 5.74) is 13.0. The lowest BCUT2D eigenvalue weighted by Crippen LogP contribution is -1.88. The summed E-state index contributed by atoms with van der Waals surface area (Å²) in [5, 5.41) is 10.2. The van der Waals surface area contributed by atoms with Crippen LogP contribution in [-0.2, 0) is 0 Å². The number of thiophene rings is 1. The highest BCUT2D eigenvalue weighted by Crippen LogP contribution is 2.42. The average Bonchev–Trinajstić information content (AvgIpc) is 4.00. The Kier molecular flexibility index (Phi) is 6.85. The zero-order chi connectivity index (χ0) is 38.6. The summed E-state index contributed by atoms with van der Waals surface area (Å²) in [6, 6.07) is 62.4. The third kappa shape index (κ3) is 4.95. The van der Waals surface area contributed by atoms with Gasteiger partial charge in [-0.3, -0.25) is 0 Å². The monoisotopic (exact) mass is 770 g/mol. The Morgan fingerprint density at radius 1 is 0.373 bits per heavy atom. The van der Waals surface area contributed by atoms with Crippen molar-refractivity contribution in [3.05, 3.63) is 182 Å². The second-order valence-electron chi connectivity index (χ2n) is 15.3. The second kappa shape index (κ2) is 12.4. The molecule has 4 heterocycles. The van der Waals surface area contributed by atoms with Crippen LogP contribution in [0.1, 0.15) is 0 Å². The van der Waals surface area contributed by atoms with Crippen molar-refractivity contribution in [3.63, 3.8) is 0 Å². The van der Waals surface area contributed by atoms with Gasteiger partial charge in [-0.05, 0) is 69.4 Å². The number of rotatable bonds is 4. The maximum absolute atomic E-state index is 6.70. The van der Waals surface area contributed by atoms with E-state index in [-0.39, 0.29) is 0 Å². The molecular formula is C54H30N2O2S. The first kappa shape index (κ1) is 32.5. The molecule has 0 N–H and O–H groups in total. The van der Waals surface area contributed by atoms with Gasteiger partial charge in [0, 0.05) is 59.1 Å². The highest BCUT2D eigenvalue weighted by Gasteiger charge is 2.18. The minimum Gasteiger partial charge on any atom is -0.455 e. The molecule has 0 bridgehead atoms. The van der Waals surface area contributed by atoms with Gasteiger partial charge in [-0.25, -0.2) is 9.97 Å². The molecule has 4 nitrogen and oxygen atoms in total. The molecule has 0 aliphatic rings. The van der Waals surface area contributed by atoms with E-state index in [9.17, 15) is 0 Å². The number of aromatic nitrogens is 2. The van der Waals surface area contributed by atoms with Crippen LogP contribution in [-0.4, -0.2) is 9.97 Å². The zero-order valence-corrected chi connectivity index (χ0v) is 32.3. The molecule has 0 radical (unpaired) electrons. The first-order valence-electron chi connectivity index (χ1n) is 19.8. The fourth-order valence-corrected chi connectivity index (χ4v) is 10.0. The topological polar surface area (TPSA) is 52.1 Å². The molecule has 0 unspecified atom stereocenters. The maximum Gasteiger partial charge on any atom is 0.143 e. The molecule has 0 saturated heterocycles. The van der Waals surface area contributed by atoms with Gasteiger partial charge in [0.15, 0.2) is 0 Å². The average molecular weight is 771 g/mol. The number of hydrogen-bond donors (Lipinski definition) is 0. The van der Waals surface area contributed by atoms with Crippen molar-refractivity contribution in [2.24, 2.45) is 0 Å². The number of fused-ring (bicyclic) bond motifs is 13. The van der Waals surface area contributed by atoms with E-state index in [0.29, 0.717) is 0 Å². The van der Waals surface area contributed by atoms with Crippen molar-refractivity contribution in [3.8, 4) is 44.6 Å². The van der Waals surface area contributed by atoms with Crippen molar-refractivity contribution in [1.29, 1.82) is 0 Å². The molecular weight excluding hydrogens is 741 g/mol. The summed E-state index contributed by atoms with van der Waals surface area (Å²) in [4.78, 5) is 11.2. The van der Waals surface area contributed by atoms with Crippen LogP contribution >= 0.6 is 11.3 Å². The van der Waals surface area contributed by atoms with E-state index in [4.69, 9.17) is 18.8 Å². The number of nitrogens with zero attached hydrogens (tertiary/aromatic N) is 2. The van der Waals surface area contributed by atoms with Gasteiger partial charge in [0.25, 0.3) is 0 Å². The van der Waals surface area contributed by atoms with Gasteiger partial charge < -0.3 is 8.83 Å². The van der Waals surface area contributed by atoms with Crippen molar-refractivity contribution in [1.82, 2.24) is 9.97 Å². The first-order valence-corrected chi connectivity index (χ1v) is 20.6. The number of benzene rings is 9. The Morgan fingerprint density at radius 3 is 1.56 bits per heavy atom. The predicted molar refractivity (Wildman–Crippen MR) is 246 cm³/mol. The highest BCUT2D eigenvalue weighted by molar-refractivity contribution is 7.25. The molecule has 5 heteroatoms. The lowest BCUT2D eigenvalue weighted by molar-refractivity contribution is 0.673. The molecule has 0 atom stereocenters. The van der Waals surface area contributed by atoms with E-state index in [2.05, 4.69) is 176 Å². The molecule has 0 aliphatic carbocycles. The van der Waals surface area contributed by atoms with Crippen LogP contribution in [0.2, 0.25) is 0 Å². The fraction of sp³-hybridized carbons (Fsp3) is 0. The summed E-state index contributed by atoms with van der Waals surface area (Å²) in [7, 11) is 0. The van der Waals surface area contributed by atoms with Gasteiger partial charge in [-0.1, -0.05) is 140 Å². The molecule has 9 aromatic carbocycles. The number of hydrogen-bond acceptors (Lipinski definition) is 5. The standard InChI is InChI=1S/C54H30N2O2S/c1-3-15-38-31(9-1)21-24-44-42-19-7-17-40(52(42)57-50(38)44)35-12-5-11-33(27-35)34-23-26-48-46(29-34)49-54(59-48)55-30-47(56-49)37-14-6-13-36(28-37)41-18-8-20-43-45-25-22-32-10-2-4-16-39(32)51(45)58-53(41)43/h1-30H. The van der Waals surface area contributed by atoms with Crippen molar-refractivity contribution in [2.75, 3.05) is 0 Å². The van der Waals surface area contributed by atoms with Crippen molar-refractivity contribution >= 4 is 97.2 Å². The molecule has 0 spiro atoms. The van der Waals surface area contributed by atoms with Gasteiger partial charge in [0.05, 0.1) is 11.9 Å². The third-order valence-electron chi connectivity index (χ3n) is 11.9. The van der Waals surface area contributed by atoms with Gasteiger partial charge in [-0.2, -0.15) is 0 Å². The smallest absolute Gasteiger partial charge is 0.143 e. The minimum absolute atomic E-state index is 0.834. The lowest BCUT2D eigenvalue weighted by Gasteiger charge is -2.08. The molecule has 0 amide bonds. The highest BCUT2D eigenvalue weighted by atomic mass is 32.1. The number of furan rings is 2. The second-order valence-corrected chi connectivity index (χ2v) is 16.3. The van der Waals surface area contributed by atoms with Crippen LogP contribution in [0.4, 0.5) is 0 Å². The normalized spacial score (nSPS) is 12.1. The molecule has 0 fully saturated rings. The van der Waals surface area contributed by atoms with E-state index >= 15 is 0 Å². The van der Waals surface area contributed by atoms with Crippen LogP contribution in [0, 0.1) is 0 Å². The summed E-state index contributed by atoms with van der Waals surface area (Å²) in [6.07, 6.45) is 1.90. The summed E-state index contributed by atoms with van der Waals surface area (Å²) < 4.78 is 14.5. The summed E-state index contributed by atoms with van der Waals surface area (Å²) >= 11 is 1.68. The van der Waals surface area contributed by atoms with Crippen LogP contribution in [0.25, 0.3) is 130 Å². The van der Waals surface area contributed by atoms with Crippen molar-refractivity contribution < 1.29 is 8.83 Å². The molecule has 0 aliphatic heterocycles.